The number of morpholine rings is 1. The second-order valence-electron chi connectivity index (χ2n) is 8.84. The smallest absolute Gasteiger partial charge is 0.329 e. The molecule has 12 heteroatoms. The third-order valence-corrected chi connectivity index (χ3v) is 7.86. The number of hydrogen-bond donors (Lipinski definition) is 1. The number of ketones is 1. The summed E-state index contributed by atoms with van der Waals surface area (Å²) < 4.78 is 48.0. The number of carbonyl (C=O) groups excluding carboxylic acids is 3. The van der Waals surface area contributed by atoms with Gasteiger partial charge in [-0.2, -0.15) is 4.31 Å². The number of amides is 1. The van der Waals surface area contributed by atoms with Crippen molar-refractivity contribution < 1.29 is 41.7 Å². The maximum atomic E-state index is 13.0. The Bertz CT molecular complexity index is 1270. The summed E-state index contributed by atoms with van der Waals surface area (Å²) in [4.78, 5) is 38.5. The van der Waals surface area contributed by atoms with E-state index in [1.807, 2.05) is 0 Å². The van der Waals surface area contributed by atoms with Crippen LogP contribution in [-0.4, -0.2) is 83.6 Å². The monoisotopic (exact) mass is 548 g/mol. The number of hydrogen-bond acceptors (Lipinski definition) is 9. The van der Waals surface area contributed by atoms with Crippen molar-refractivity contribution in [1.29, 1.82) is 0 Å². The van der Waals surface area contributed by atoms with Gasteiger partial charge in [0.1, 0.15) is 17.5 Å². The molecule has 0 spiro atoms. The van der Waals surface area contributed by atoms with Crippen molar-refractivity contribution >= 4 is 27.7 Å². The van der Waals surface area contributed by atoms with Gasteiger partial charge in [-0.25, -0.2) is 13.2 Å². The number of nitrogens with zero attached hydrogens (tertiary/aromatic N) is 1. The maximum Gasteiger partial charge on any atom is 0.329 e. The van der Waals surface area contributed by atoms with Crippen molar-refractivity contribution in [2.75, 3.05) is 47.1 Å². The molecule has 38 heavy (non-hydrogen) atoms. The van der Waals surface area contributed by atoms with Crippen LogP contribution in [0.5, 0.6) is 11.5 Å². The first kappa shape index (κ1) is 29.1. The van der Waals surface area contributed by atoms with Crippen LogP contribution in [0.2, 0.25) is 0 Å². The number of sulfonamides is 1. The summed E-state index contributed by atoms with van der Waals surface area (Å²) >= 11 is 0. The Morgan fingerprint density at radius 3 is 2.37 bits per heavy atom. The molecule has 0 bridgehead atoms. The van der Waals surface area contributed by atoms with E-state index in [4.69, 9.17) is 18.9 Å². The minimum absolute atomic E-state index is 0.0337. The van der Waals surface area contributed by atoms with Crippen LogP contribution in [0.15, 0.2) is 47.4 Å². The Morgan fingerprint density at radius 1 is 1.03 bits per heavy atom. The molecular weight excluding hydrogens is 516 g/mol. The predicted octanol–water partition coefficient (Wildman–Crippen LogP) is 1.91. The van der Waals surface area contributed by atoms with E-state index in [0.29, 0.717) is 24.7 Å². The largest absolute Gasteiger partial charge is 0.497 e. The highest BCUT2D eigenvalue weighted by molar-refractivity contribution is 7.89. The van der Waals surface area contributed by atoms with E-state index in [9.17, 15) is 22.8 Å². The van der Waals surface area contributed by atoms with Crippen molar-refractivity contribution in [3.8, 4) is 11.5 Å². The third-order valence-electron chi connectivity index (χ3n) is 5.96. The van der Waals surface area contributed by atoms with Gasteiger partial charge in [-0.3, -0.25) is 9.59 Å². The summed E-state index contributed by atoms with van der Waals surface area (Å²) in [6, 6.07) is 9.19. The topological polar surface area (TPSA) is 138 Å². The fourth-order valence-corrected chi connectivity index (χ4v) is 5.25. The van der Waals surface area contributed by atoms with Crippen molar-refractivity contribution in [1.82, 2.24) is 9.62 Å². The third kappa shape index (κ3) is 6.88. The van der Waals surface area contributed by atoms with Gasteiger partial charge in [-0.05, 0) is 42.3 Å². The second kappa shape index (κ2) is 12.9. The van der Waals surface area contributed by atoms with Gasteiger partial charge in [-0.1, -0.05) is 19.9 Å². The minimum atomic E-state index is -3.81. The first-order valence-electron chi connectivity index (χ1n) is 12.0. The zero-order valence-electron chi connectivity index (χ0n) is 21.8. The number of nitrogens with one attached hydrogen (secondary N) is 1. The van der Waals surface area contributed by atoms with Crippen LogP contribution < -0.4 is 14.8 Å². The zero-order valence-corrected chi connectivity index (χ0v) is 22.6. The molecule has 0 aromatic heterocycles. The second-order valence-corrected chi connectivity index (χ2v) is 10.8. The van der Waals surface area contributed by atoms with Crippen LogP contribution in [0, 0.1) is 5.92 Å². The summed E-state index contributed by atoms with van der Waals surface area (Å²) in [6.07, 6.45) is 0. The lowest BCUT2D eigenvalue weighted by Gasteiger charge is -2.26. The molecule has 1 aliphatic heterocycles. The Kier molecular flexibility index (Phi) is 9.84. The molecule has 0 saturated carbocycles. The average Bonchev–Trinajstić information content (AvgIpc) is 2.94. The summed E-state index contributed by atoms with van der Waals surface area (Å²) in [7, 11) is -0.939. The van der Waals surface area contributed by atoms with Gasteiger partial charge in [0.25, 0.3) is 5.91 Å². The molecule has 0 radical (unpaired) electrons. The Balaban J connectivity index is 1.69. The zero-order chi connectivity index (χ0) is 27.9. The van der Waals surface area contributed by atoms with Gasteiger partial charge in [0.15, 0.2) is 6.61 Å². The Hall–Kier alpha value is -3.48. The van der Waals surface area contributed by atoms with E-state index in [2.05, 4.69) is 5.32 Å². The summed E-state index contributed by atoms with van der Waals surface area (Å²) in [5, 5.41) is 2.60. The number of carbonyl (C=O) groups is 3. The van der Waals surface area contributed by atoms with Crippen LogP contribution in [0.3, 0.4) is 0 Å². The van der Waals surface area contributed by atoms with Crippen molar-refractivity contribution in [3.63, 3.8) is 0 Å². The predicted molar refractivity (Wildman–Crippen MR) is 137 cm³/mol. The number of rotatable bonds is 11. The molecule has 1 saturated heterocycles. The van der Waals surface area contributed by atoms with Gasteiger partial charge in [0.05, 0.1) is 37.9 Å². The lowest BCUT2D eigenvalue weighted by molar-refractivity contribution is -0.145. The van der Waals surface area contributed by atoms with E-state index in [1.165, 1.54) is 48.9 Å². The van der Waals surface area contributed by atoms with Crippen LogP contribution in [-0.2, 0) is 24.3 Å². The molecule has 1 N–H and O–H groups in total. The fourth-order valence-electron chi connectivity index (χ4n) is 3.79. The van der Waals surface area contributed by atoms with E-state index in [1.54, 1.807) is 26.0 Å². The van der Waals surface area contributed by atoms with E-state index in [-0.39, 0.29) is 35.0 Å². The summed E-state index contributed by atoms with van der Waals surface area (Å²) in [5.74, 6) is -1.61. The molecule has 3 rings (SSSR count). The summed E-state index contributed by atoms with van der Waals surface area (Å²) in [5.41, 5.74) is 0.248. The standard InChI is InChI=1S/C26H32N2O9S/c1-17(2)24(26(31)37-16-22(29)21-15-19(34-3)8-9-23(21)35-4)27-25(30)18-6-5-7-20(14-18)38(32,33)28-10-12-36-13-11-28/h5-9,14-15,17,24H,10-13,16H2,1-4H3,(H,27,30)/t24-/m0/s1. The fraction of sp³-hybridized carbons (Fsp3) is 0.423. The molecule has 1 fully saturated rings. The maximum absolute atomic E-state index is 13.0. The molecule has 1 aliphatic rings. The highest BCUT2D eigenvalue weighted by Crippen LogP contribution is 2.24. The van der Waals surface area contributed by atoms with Gasteiger partial charge in [0, 0.05) is 18.7 Å². The molecule has 2 aromatic rings. The van der Waals surface area contributed by atoms with Crippen molar-refractivity contribution in [2.45, 2.75) is 24.8 Å². The highest BCUT2D eigenvalue weighted by atomic mass is 32.2. The number of Topliss-reactive ketones (excluding diaryl/α,β-unsaturated/α-hetero) is 1. The van der Waals surface area contributed by atoms with E-state index >= 15 is 0 Å². The molecule has 1 atom stereocenters. The molecule has 0 aliphatic carbocycles. The van der Waals surface area contributed by atoms with Gasteiger partial charge < -0.3 is 24.3 Å². The Labute approximate surface area is 222 Å². The van der Waals surface area contributed by atoms with Crippen LogP contribution in [0.4, 0.5) is 0 Å². The van der Waals surface area contributed by atoms with Crippen LogP contribution in [0.25, 0.3) is 0 Å². The first-order chi connectivity index (χ1) is 18.1. The number of ether oxygens (including phenoxy) is 4. The number of methoxy groups -OCH3 is 2. The molecule has 1 heterocycles. The van der Waals surface area contributed by atoms with E-state index in [0.717, 1.165) is 0 Å². The van der Waals surface area contributed by atoms with Crippen molar-refractivity contribution in [3.05, 3.63) is 53.6 Å². The van der Waals surface area contributed by atoms with Crippen LogP contribution in [0.1, 0.15) is 34.6 Å². The molecular formula is C26H32N2O9S. The normalized spacial score (nSPS) is 15.0. The number of esters is 1. The lowest BCUT2D eigenvalue weighted by Crippen LogP contribution is -2.45. The Morgan fingerprint density at radius 2 is 1.74 bits per heavy atom. The van der Waals surface area contributed by atoms with Crippen LogP contribution >= 0.6 is 0 Å². The van der Waals surface area contributed by atoms with Gasteiger partial charge >= 0.3 is 5.97 Å². The molecule has 206 valence electrons. The van der Waals surface area contributed by atoms with Gasteiger partial charge in [-0.15, -0.1) is 0 Å². The number of benzene rings is 2. The molecule has 11 nitrogen and oxygen atoms in total. The average molecular weight is 549 g/mol. The van der Waals surface area contributed by atoms with Gasteiger partial charge in [0.2, 0.25) is 15.8 Å². The quantitative estimate of drug-likeness (QED) is 0.330. The highest BCUT2D eigenvalue weighted by Gasteiger charge is 2.29. The molecule has 2 aromatic carbocycles. The first-order valence-corrected chi connectivity index (χ1v) is 13.4. The molecule has 0 unspecified atom stereocenters. The lowest BCUT2D eigenvalue weighted by atomic mass is 10.0. The van der Waals surface area contributed by atoms with E-state index < -0.39 is 40.3 Å². The summed E-state index contributed by atoms with van der Waals surface area (Å²) in [6.45, 7) is 3.88. The SMILES string of the molecule is COc1ccc(OC)c(C(=O)COC(=O)[C@@H](NC(=O)c2cccc(S(=O)(=O)N3CCOCC3)c2)C(C)C)c1. The minimum Gasteiger partial charge on any atom is -0.497 e. The van der Waals surface area contributed by atoms with Crippen molar-refractivity contribution in [2.24, 2.45) is 5.92 Å². The molecule has 1 amide bonds.